The summed E-state index contributed by atoms with van der Waals surface area (Å²) in [4.78, 5) is 20.0. The molecule has 1 aliphatic rings. The van der Waals surface area contributed by atoms with Crippen LogP contribution in [0.1, 0.15) is 12.8 Å². The van der Waals surface area contributed by atoms with Gasteiger partial charge in [-0.2, -0.15) is 0 Å². The second kappa shape index (κ2) is 6.08. The zero-order valence-corrected chi connectivity index (χ0v) is 14.0. The predicted molar refractivity (Wildman–Crippen MR) is 94.0 cm³/mol. The Morgan fingerprint density at radius 1 is 1.09 bits per heavy atom. The third-order valence-corrected chi connectivity index (χ3v) is 4.33. The van der Waals surface area contributed by atoms with Gasteiger partial charge in [0.1, 0.15) is 17.4 Å². The number of rotatable bonds is 3. The molecule has 0 atom stereocenters. The van der Waals surface area contributed by atoms with Gasteiger partial charge in [-0.3, -0.25) is 0 Å². The van der Waals surface area contributed by atoms with Gasteiger partial charge in [0.2, 0.25) is 5.95 Å². The van der Waals surface area contributed by atoms with E-state index < -0.39 is 0 Å². The van der Waals surface area contributed by atoms with Crippen molar-refractivity contribution >= 4 is 44.4 Å². The van der Waals surface area contributed by atoms with Crippen molar-refractivity contribution in [2.45, 2.75) is 12.8 Å². The fourth-order valence-electron chi connectivity index (χ4n) is 2.71. The highest BCUT2D eigenvalue weighted by molar-refractivity contribution is 9.10. The van der Waals surface area contributed by atoms with Crippen molar-refractivity contribution < 1.29 is 0 Å². The fourth-order valence-corrected chi connectivity index (χ4v) is 3.11. The molecule has 0 unspecified atom stereocenters. The predicted octanol–water partition coefficient (Wildman–Crippen LogP) is 3.53. The lowest BCUT2D eigenvalue weighted by atomic mass is 10.3. The third kappa shape index (κ3) is 2.96. The molecule has 0 bridgehead atoms. The van der Waals surface area contributed by atoms with Crippen molar-refractivity contribution in [1.29, 1.82) is 0 Å². The minimum Gasteiger partial charge on any atom is -0.341 e. The lowest BCUT2D eigenvalue weighted by Gasteiger charge is -2.15. The molecule has 0 radical (unpaired) electrons. The summed E-state index contributed by atoms with van der Waals surface area (Å²) in [6.07, 6.45) is 5.68. The van der Waals surface area contributed by atoms with Crippen LogP contribution in [0.15, 0.2) is 41.3 Å². The fraction of sp³-hybridized carbons (Fsp3) is 0.250. The first-order valence-corrected chi connectivity index (χ1v) is 8.34. The molecule has 0 amide bonds. The van der Waals surface area contributed by atoms with Crippen molar-refractivity contribution in [3.63, 3.8) is 0 Å². The second-order valence-corrected chi connectivity index (χ2v) is 6.37. The highest BCUT2D eigenvalue weighted by Gasteiger charge is 2.16. The molecule has 1 fully saturated rings. The number of halogens is 1. The summed E-state index contributed by atoms with van der Waals surface area (Å²) in [5.74, 6) is 1.44. The van der Waals surface area contributed by atoms with Crippen molar-refractivity contribution in [2.24, 2.45) is 0 Å². The van der Waals surface area contributed by atoms with E-state index in [1.54, 1.807) is 6.20 Å². The Kier molecular flexibility index (Phi) is 3.78. The molecule has 0 saturated carbocycles. The van der Waals surface area contributed by atoms with E-state index in [1.807, 2.05) is 24.3 Å². The number of nitrogens with zero attached hydrogens (tertiary/aromatic N) is 5. The van der Waals surface area contributed by atoms with Crippen molar-refractivity contribution in [3.05, 3.63) is 41.3 Å². The van der Waals surface area contributed by atoms with Gasteiger partial charge in [0, 0.05) is 23.2 Å². The van der Waals surface area contributed by atoms with Crippen LogP contribution in [-0.4, -0.2) is 33.0 Å². The highest BCUT2D eigenvalue weighted by atomic mass is 79.9. The number of fused-ring (bicyclic) bond motifs is 1. The average Bonchev–Trinajstić information content (AvgIpc) is 3.09. The Bertz CT molecular complexity index is 847. The summed E-state index contributed by atoms with van der Waals surface area (Å²) in [6.45, 7) is 2.02. The summed E-state index contributed by atoms with van der Waals surface area (Å²) < 4.78 is 1.01. The number of hydrogen-bond donors (Lipinski definition) is 1. The first kappa shape index (κ1) is 14.3. The number of nitrogens with one attached hydrogen (secondary N) is 1. The summed E-state index contributed by atoms with van der Waals surface area (Å²) >= 11 is 3.48. The Labute approximate surface area is 142 Å². The van der Waals surface area contributed by atoms with Crippen LogP contribution in [0.4, 0.5) is 17.5 Å². The first-order chi connectivity index (χ1) is 11.3. The summed E-state index contributed by atoms with van der Waals surface area (Å²) in [6, 6.07) is 7.94. The monoisotopic (exact) mass is 370 g/mol. The van der Waals surface area contributed by atoms with E-state index in [1.165, 1.54) is 19.2 Å². The molecule has 7 heteroatoms. The number of benzene rings is 1. The molecule has 0 aliphatic carbocycles. The van der Waals surface area contributed by atoms with Gasteiger partial charge in [0.15, 0.2) is 5.82 Å². The standard InChI is InChI=1S/C16H15BrN6/c17-11-4-3-5-12(8-11)21-15-14-13(19-10-20-15)9-18-16(22-14)23-6-1-2-7-23/h3-5,8-10H,1-2,6-7H2,(H,19,20,21). The van der Waals surface area contributed by atoms with Crippen LogP contribution in [0.3, 0.4) is 0 Å². The van der Waals surface area contributed by atoms with E-state index in [2.05, 4.69) is 41.1 Å². The molecule has 6 nitrogen and oxygen atoms in total. The molecule has 1 saturated heterocycles. The van der Waals surface area contributed by atoms with Crippen LogP contribution in [0.2, 0.25) is 0 Å². The van der Waals surface area contributed by atoms with Crippen molar-refractivity contribution in [3.8, 4) is 0 Å². The lowest BCUT2D eigenvalue weighted by Crippen LogP contribution is -2.20. The first-order valence-electron chi connectivity index (χ1n) is 7.55. The zero-order valence-electron chi connectivity index (χ0n) is 12.4. The van der Waals surface area contributed by atoms with Crippen LogP contribution in [0, 0.1) is 0 Å². The minimum absolute atomic E-state index is 0.691. The van der Waals surface area contributed by atoms with E-state index in [4.69, 9.17) is 4.98 Å². The quantitative estimate of drug-likeness (QED) is 0.760. The van der Waals surface area contributed by atoms with Crippen molar-refractivity contribution in [1.82, 2.24) is 19.9 Å². The molecule has 2 aromatic heterocycles. The number of hydrogen-bond acceptors (Lipinski definition) is 6. The molecule has 23 heavy (non-hydrogen) atoms. The Hall–Kier alpha value is -2.28. The van der Waals surface area contributed by atoms with Crippen LogP contribution >= 0.6 is 15.9 Å². The lowest BCUT2D eigenvalue weighted by molar-refractivity contribution is 0.905. The maximum atomic E-state index is 4.69. The summed E-state index contributed by atoms with van der Waals surface area (Å²) in [7, 11) is 0. The largest absolute Gasteiger partial charge is 0.341 e. The van der Waals surface area contributed by atoms with Crippen LogP contribution < -0.4 is 10.2 Å². The van der Waals surface area contributed by atoms with Gasteiger partial charge in [0.25, 0.3) is 0 Å². The van der Waals surface area contributed by atoms with E-state index in [-0.39, 0.29) is 0 Å². The average molecular weight is 371 g/mol. The van der Waals surface area contributed by atoms with Crippen LogP contribution in [0.25, 0.3) is 11.0 Å². The third-order valence-electron chi connectivity index (χ3n) is 3.84. The van der Waals surface area contributed by atoms with Gasteiger partial charge in [-0.15, -0.1) is 0 Å². The SMILES string of the molecule is Brc1cccc(Nc2ncnc3cnc(N4CCCC4)nc23)c1. The maximum Gasteiger partial charge on any atom is 0.226 e. The van der Waals surface area contributed by atoms with Gasteiger partial charge in [-0.1, -0.05) is 22.0 Å². The van der Waals surface area contributed by atoms with Gasteiger partial charge in [-0.25, -0.2) is 19.9 Å². The van der Waals surface area contributed by atoms with E-state index >= 15 is 0 Å². The maximum absolute atomic E-state index is 4.69. The highest BCUT2D eigenvalue weighted by Crippen LogP contribution is 2.25. The Balaban J connectivity index is 1.74. The molecule has 3 heterocycles. The molecule has 3 aromatic rings. The Morgan fingerprint density at radius 3 is 2.78 bits per heavy atom. The summed E-state index contributed by atoms with van der Waals surface area (Å²) in [5.41, 5.74) is 2.42. The normalized spacial score (nSPS) is 14.4. The molecular formula is C16H15BrN6. The number of aromatic nitrogens is 4. The topological polar surface area (TPSA) is 66.8 Å². The van der Waals surface area contributed by atoms with Gasteiger partial charge in [-0.05, 0) is 31.0 Å². The molecule has 1 N–H and O–H groups in total. The van der Waals surface area contributed by atoms with Crippen LogP contribution in [-0.2, 0) is 0 Å². The molecule has 0 spiro atoms. The zero-order chi connectivity index (χ0) is 15.6. The smallest absolute Gasteiger partial charge is 0.226 e. The van der Waals surface area contributed by atoms with E-state index in [0.717, 1.165) is 40.2 Å². The number of anilines is 3. The van der Waals surface area contributed by atoms with E-state index in [9.17, 15) is 0 Å². The summed E-state index contributed by atoms with van der Waals surface area (Å²) in [5, 5.41) is 3.32. The van der Waals surface area contributed by atoms with E-state index in [0.29, 0.717) is 5.82 Å². The van der Waals surface area contributed by atoms with Crippen LogP contribution in [0.5, 0.6) is 0 Å². The Morgan fingerprint density at radius 2 is 1.96 bits per heavy atom. The second-order valence-electron chi connectivity index (χ2n) is 5.46. The minimum atomic E-state index is 0.691. The molecule has 1 aromatic carbocycles. The van der Waals surface area contributed by atoms with Gasteiger partial charge >= 0.3 is 0 Å². The van der Waals surface area contributed by atoms with Gasteiger partial charge in [0.05, 0.1) is 6.20 Å². The molecule has 4 rings (SSSR count). The van der Waals surface area contributed by atoms with Gasteiger partial charge < -0.3 is 10.2 Å². The molecule has 116 valence electrons. The molecular weight excluding hydrogens is 356 g/mol. The van der Waals surface area contributed by atoms with Crippen molar-refractivity contribution in [2.75, 3.05) is 23.3 Å². The molecule has 1 aliphatic heterocycles.